The van der Waals surface area contributed by atoms with E-state index in [1.807, 2.05) is 0 Å². The lowest BCUT2D eigenvalue weighted by Gasteiger charge is -2.15. The van der Waals surface area contributed by atoms with E-state index in [0.717, 1.165) is 12.0 Å². The van der Waals surface area contributed by atoms with Gasteiger partial charge in [-0.2, -0.15) is 5.10 Å². The number of hydrogen-bond acceptors (Lipinski definition) is 3. The second-order valence-electron chi connectivity index (χ2n) is 6.16. The molecule has 3 unspecified atom stereocenters. The zero-order valence-electron chi connectivity index (χ0n) is 11.7. The van der Waals surface area contributed by atoms with Gasteiger partial charge in [-0.1, -0.05) is 19.8 Å². The van der Waals surface area contributed by atoms with E-state index in [1.54, 1.807) is 30.5 Å². The highest BCUT2D eigenvalue weighted by Crippen LogP contribution is 2.66. The van der Waals surface area contributed by atoms with Gasteiger partial charge in [0.05, 0.1) is 6.21 Å². The van der Waals surface area contributed by atoms with Crippen molar-refractivity contribution in [3.8, 4) is 5.75 Å². The molecule has 106 valence electrons. The second-order valence-corrected chi connectivity index (χ2v) is 6.16. The van der Waals surface area contributed by atoms with Crippen molar-refractivity contribution in [3.63, 3.8) is 0 Å². The number of nitrogens with zero attached hydrogens (tertiary/aromatic N) is 1. The van der Waals surface area contributed by atoms with Crippen LogP contribution in [0.4, 0.5) is 0 Å². The van der Waals surface area contributed by atoms with Gasteiger partial charge in [-0.25, -0.2) is 5.43 Å². The van der Waals surface area contributed by atoms with E-state index in [4.69, 9.17) is 0 Å². The summed E-state index contributed by atoms with van der Waals surface area (Å²) in [6.45, 7) is 2.23. The molecule has 3 atom stereocenters. The molecule has 4 nitrogen and oxygen atoms in total. The summed E-state index contributed by atoms with van der Waals surface area (Å²) in [7, 11) is 0. The molecule has 3 rings (SSSR count). The number of hydrogen-bond donors (Lipinski definition) is 2. The molecule has 0 radical (unpaired) electrons. The topological polar surface area (TPSA) is 61.7 Å². The first kappa shape index (κ1) is 13.2. The predicted molar refractivity (Wildman–Crippen MR) is 77.4 cm³/mol. The van der Waals surface area contributed by atoms with E-state index in [1.165, 1.54) is 19.3 Å². The van der Waals surface area contributed by atoms with Crippen molar-refractivity contribution in [3.05, 3.63) is 29.8 Å². The van der Waals surface area contributed by atoms with Crippen LogP contribution in [0.5, 0.6) is 5.75 Å². The maximum Gasteiger partial charge on any atom is 0.244 e. The molecule has 0 aliphatic heterocycles. The molecule has 0 heterocycles. The van der Waals surface area contributed by atoms with Gasteiger partial charge in [0.2, 0.25) is 5.91 Å². The van der Waals surface area contributed by atoms with E-state index in [9.17, 15) is 9.90 Å². The minimum absolute atomic E-state index is 0.0504. The van der Waals surface area contributed by atoms with E-state index in [0.29, 0.717) is 5.92 Å². The van der Waals surface area contributed by atoms with Crippen molar-refractivity contribution in [2.75, 3.05) is 0 Å². The van der Waals surface area contributed by atoms with Crippen LogP contribution in [0.2, 0.25) is 0 Å². The van der Waals surface area contributed by atoms with Gasteiger partial charge < -0.3 is 5.11 Å². The molecule has 20 heavy (non-hydrogen) atoms. The molecule has 2 N–H and O–H groups in total. The SMILES string of the molecule is CC12CCCCC1C2C(=O)NN=Cc1ccc(O)cc1. The smallest absolute Gasteiger partial charge is 0.244 e. The largest absolute Gasteiger partial charge is 0.508 e. The second kappa shape index (κ2) is 4.93. The number of benzene rings is 1. The van der Waals surface area contributed by atoms with Gasteiger partial charge in [-0.3, -0.25) is 4.79 Å². The predicted octanol–water partition coefficient (Wildman–Crippen LogP) is 2.67. The highest BCUT2D eigenvalue weighted by molar-refractivity contribution is 5.85. The fourth-order valence-corrected chi connectivity index (χ4v) is 3.65. The average Bonchev–Trinajstić information content (AvgIpc) is 3.06. The first-order valence-corrected chi connectivity index (χ1v) is 7.23. The van der Waals surface area contributed by atoms with Gasteiger partial charge >= 0.3 is 0 Å². The number of hydrazone groups is 1. The first-order chi connectivity index (χ1) is 9.61. The zero-order valence-corrected chi connectivity index (χ0v) is 11.7. The van der Waals surface area contributed by atoms with Gasteiger partial charge in [0, 0.05) is 5.92 Å². The minimum atomic E-state index is 0.0504. The lowest BCUT2D eigenvalue weighted by molar-refractivity contribution is -0.123. The third kappa shape index (κ3) is 2.30. The number of amides is 1. The van der Waals surface area contributed by atoms with Gasteiger partial charge in [-0.15, -0.1) is 0 Å². The molecule has 2 saturated carbocycles. The van der Waals surface area contributed by atoms with Crippen LogP contribution in [0.3, 0.4) is 0 Å². The number of rotatable bonds is 3. The van der Waals surface area contributed by atoms with Crippen LogP contribution in [0, 0.1) is 17.3 Å². The van der Waals surface area contributed by atoms with E-state index in [2.05, 4.69) is 17.5 Å². The quantitative estimate of drug-likeness (QED) is 0.656. The lowest BCUT2D eigenvalue weighted by Crippen LogP contribution is -2.22. The Balaban J connectivity index is 1.56. The molecule has 0 aromatic heterocycles. The van der Waals surface area contributed by atoms with E-state index >= 15 is 0 Å². The van der Waals surface area contributed by atoms with Gasteiger partial charge in [-0.05, 0) is 54.0 Å². The maximum absolute atomic E-state index is 12.2. The molecule has 4 heteroatoms. The fraction of sp³-hybridized carbons (Fsp3) is 0.500. The van der Waals surface area contributed by atoms with Crippen LogP contribution in [-0.4, -0.2) is 17.2 Å². The Hall–Kier alpha value is -1.84. The number of carbonyl (C=O) groups excluding carboxylic acids is 1. The third-order valence-corrected chi connectivity index (χ3v) is 4.90. The van der Waals surface area contributed by atoms with Crippen molar-refractivity contribution in [1.82, 2.24) is 5.43 Å². The highest BCUT2D eigenvalue weighted by Gasteiger charge is 2.64. The Kier molecular flexibility index (Phi) is 3.24. The molecule has 2 aliphatic carbocycles. The standard InChI is InChI=1S/C16H20N2O2/c1-16-9-3-2-4-13(16)14(16)15(20)18-17-10-11-5-7-12(19)8-6-11/h5-8,10,13-14,19H,2-4,9H2,1H3,(H,18,20). The lowest BCUT2D eigenvalue weighted by atomic mass is 9.90. The highest BCUT2D eigenvalue weighted by atomic mass is 16.3. The van der Waals surface area contributed by atoms with Gasteiger partial charge in [0.1, 0.15) is 5.75 Å². The molecule has 0 saturated heterocycles. The van der Waals surface area contributed by atoms with E-state index in [-0.39, 0.29) is 23.0 Å². The first-order valence-electron chi connectivity index (χ1n) is 7.23. The van der Waals surface area contributed by atoms with Crippen LogP contribution < -0.4 is 5.43 Å². The molecule has 2 fully saturated rings. The van der Waals surface area contributed by atoms with Crippen molar-refractivity contribution in [1.29, 1.82) is 0 Å². The van der Waals surface area contributed by atoms with Crippen LogP contribution in [0.1, 0.15) is 38.2 Å². The van der Waals surface area contributed by atoms with Crippen LogP contribution in [0.15, 0.2) is 29.4 Å². The van der Waals surface area contributed by atoms with E-state index < -0.39 is 0 Å². The Labute approximate surface area is 118 Å². The molecule has 1 aromatic rings. The maximum atomic E-state index is 12.2. The molecular formula is C16H20N2O2. The molecule has 1 aromatic carbocycles. The Morgan fingerprint density at radius 3 is 2.80 bits per heavy atom. The Bertz CT molecular complexity index is 538. The van der Waals surface area contributed by atoms with Crippen molar-refractivity contribution < 1.29 is 9.90 Å². The number of fused-ring (bicyclic) bond motifs is 1. The fourth-order valence-electron chi connectivity index (χ4n) is 3.65. The average molecular weight is 272 g/mol. The summed E-state index contributed by atoms with van der Waals surface area (Å²) in [5.74, 6) is 0.970. The van der Waals surface area contributed by atoms with Gasteiger partial charge in [0.25, 0.3) is 0 Å². The summed E-state index contributed by atoms with van der Waals surface area (Å²) >= 11 is 0. The molecular weight excluding hydrogens is 252 g/mol. The summed E-state index contributed by atoms with van der Waals surface area (Å²) < 4.78 is 0. The van der Waals surface area contributed by atoms with Crippen molar-refractivity contribution >= 4 is 12.1 Å². The van der Waals surface area contributed by atoms with Crippen LogP contribution in [-0.2, 0) is 4.79 Å². The number of aromatic hydroxyl groups is 1. The van der Waals surface area contributed by atoms with Crippen molar-refractivity contribution in [2.45, 2.75) is 32.6 Å². The number of carbonyl (C=O) groups is 1. The summed E-state index contributed by atoms with van der Waals surface area (Å²) in [4.78, 5) is 12.2. The summed E-state index contributed by atoms with van der Waals surface area (Å²) in [6, 6.07) is 6.70. The Morgan fingerprint density at radius 2 is 2.15 bits per heavy atom. The monoisotopic (exact) mass is 272 g/mol. The summed E-state index contributed by atoms with van der Waals surface area (Å²) in [5.41, 5.74) is 3.73. The normalized spacial score (nSPS) is 31.9. The van der Waals surface area contributed by atoms with Crippen LogP contribution in [0.25, 0.3) is 0 Å². The molecule has 2 aliphatic rings. The van der Waals surface area contributed by atoms with Gasteiger partial charge in [0.15, 0.2) is 0 Å². The number of nitrogens with one attached hydrogen (secondary N) is 1. The summed E-state index contributed by atoms with van der Waals surface area (Å²) in [5, 5.41) is 13.2. The summed E-state index contributed by atoms with van der Waals surface area (Å²) in [6.07, 6.45) is 6.44. The zero-order chi connectivity index (χ0) is 14.2. The van der Waals surface area contributed by atoms with Crippen molar-refractivity contribution in [2.24, 2.45) is 22.4 Å². The van der Waals surface area contributed by atoms with Crippen LogP contribution >= 0.6 is 0 Å². The minimum Gasteiger partial charge on any atom is -0.508 e. The number of phenols is 1. The number of phenolic OH excluding ortho intramolecular Hbond substituents is 1. The molecule has 1 amide bonds. The molecule has 0 bridgehead atoms. The molecule has 0 spiro atoms. The third-order valence-electron chi connectivity index (χ3n) is 4.90. The Morgan fingerprint density at radius 1 is 1.40 bits per heavy atom.